The lowest BCUT2D eigenvalue weighted by Gasteiger charge is -2.32. The number of piperidine rings is 1. The molecule has 1 aliphatic heterocycles. The lowest BCUT2D eigenvalue weighted by Crippen LogP contribution is -2.37. The molecule has 1 aromatic heterocycles. The van der Waals surface area contributed by atoms with E-state index >= 15 is 0 Å². The molecule has 0 unspecified atom stereocenters. The third-order valence-corrected chi connectivity index (χ3v) is 3.49. The molecule has 7 heteroatoms. The quantitative estimate of drug-likeness (QED) is 0.644. The summed E-state index contributed by atoms with van der Waals surface area (Å²) in [4.78, 5) is 10.6. The van der Waals surface area contributed by atoms with Crippen molar-refractivity contribution in [3.05, 3.63) is 10.7 Å². The number of nitrogen functional groups attached to an aromatic ring is 1. The van der Waals surface area contributed by atoms with E-state index in [4.69, 9.17) is 10.6 Å². The molecule has 17 heavy (non-hydrogen) atoms. The lowest BCUT2D eigenvalue weighted by molar-refractivity contribution is 0.0818. The Morgan fingerprint density at radius 3 is 2.82 bits per heavy atom. The monoisotopic (exact) mass is 301 g/mol. The van der Waals surface area contributed by atoms with Crippen LogP contribution >= 0.6 is 15.9 Å². The highest BCUT2D eigenvalue weighted by Crippen LogP contribution is 2.27. The molecule has 0 aromatic carbocycles. The summed E-state index contributed by atoms with van der Waals surface area (Å²) in [5, 5.41) is 0. The molecule has 1 fully saturated rings. The third-order valence-electron chi connectivity index (χ3n) is 2.93. The summed E-state index contributed by atoms with van der Waals surface area (Å²) in [6.07, 6.45) is 4.09. The molecule has 1 aromatic rings. The van der Waals surface area contributed by atoms with Crippen LogP contribution in [0.2, 0.25) is 0 Å². The molecule has 6 nitrogen and oxygen atoms in total. The topological polar surface area (TPSA) is 76.3 Å². The molecule has 0 amide bonds. The summed E-state index contributed by atoms with van der Waals surface area (Å²) in [5.74, 6) is 6.62. The molecular weight excluding hydrogens is 286 g/mol. The molecule has 0 aliphatic carbocycles. The number of anilines is 2. The van der Waals surface area contributed by atoms with E-state index in [1.807, 2.05) is 0 Å². The van der Waals surface area contributed by atoms with Gasteiger partial charge in [-0.3, -0.25) is 5.43 Å². The number of hydrazine groups is 1. The van der Waals surface area contributed by atoms with Crippen molar-refractivity contribution in [2.24, 2.45) is 5.84 Å². The van der Waals surface area contributed by atoms with Crippen LogP contribution in [0, 0.1) is 0 Å². The van der Waals surface area contributed by atoms with Gasteiger partial charge in [-0.1, -0.05) is 0 Å². The van der Waals surface area contributed by atoms with Gasteiger partial charge in [-0.25, -0.2) is 10.8 Å². The number of methoxy groups -OCH3 is 1. The highest BCUT2D eigenvalue weighted by atomic mass is 79.9. The number of ether oxygens (including phenoxy) is 1. The minimum absolute atomic E-state index is 0.360. The average Bonchev–Trinajstić information content (AvgIpc) is 2.39. The van der Waals surface area contributed by atoms with Crippen molar-refractivity contribution in [2.45, 2.75) is 18.9 Å². The van der Waals surface area contributed by atoms with Gasteiger partial charge in [0.1, 0.15) is 5.82 Å². The fraction of sp³-hybridized carbons (Fsp3) is 0.600. The average molecular weight is 302 g/mol. The Bertz CT molecular complexity index is 381. The van der Waals surface area contributed by atoms with Crippen LogP contribution in [0.15, 0.2) is 10.7 Å². The van der Waals surface area contributed by atoms with Gasteiger partial charge in [-0.05, 0) is 28.8 Å². The van der Waals surface area contributed by atoms with Crippen molar-refractivity contribution in [3.63, 3.8) is 0 Å². The van der Waals surface area contributed by atoms with Crippen LogP contribution in [0.3, 0.4) is 0 Å². The van der Waals surface area contributed by atoms with Gasteiger partial charge in [0.25, 0.3) is 0 Å². The van der Waals surface area contributed by atoms with Crippen molar-refractivity contribution < 1.29 is 4.74 Å². The van der Waals surface area contributed by atoms with Crippen LogP contribution in [0.1, 0.15) is 12.8 Å². The smallest absolute Gasteiger partial charge is 0.239 e. The van der Waals surface area contributed by atoms with E-state index in [0.29, 0.717) is 12.1 Å². The van der Waals surface area contributed by atoms with Gasteiger partial charge in [0.15, 0.2) is 0 Å². The Labute approximate surface area is 109 Å². The summed E-state index contributed by atoms with van der Waals surface area (Å²) in [7, 11) is 1.76. The zero-order valence-corrected chi connectivity index (χ0v) is 11.3. The van der Waals surface area contributed by atoms with Gasteiger partial charge in [0.05, 0.1) is 10.6 Å². The predicted octanol–water partition coefficient (Wildman–Crippen LogP) is 1.14. The zero-order chi connectivity index (χ0) is 12.3. The number of halogens is 1. The predicted molar refractivity (Wildman–Crippen MR) is 69.8 cm³/mol. The van der Waals surface area contributed by atoms with E-state index < -0.39 is 0 Å². The van der Waals surface area contributed by atoms with E-state index in [9.17, 15) is 0 Å². The maximum absolute atomic E-state index is 5.35. The van der Waals surface area contributed by atoms with E-state index in [-0.39, 0.29) is 0 Å². The summed E-state index contributed by atoms with van der Waals surface area (Å²) in [6, 6.07) is 0. The second-order valence-corrected chi connectivity index (χ2v) is 4.79. The highest BCUT2D eigenvalue weighted by molar-refractivity contribution is 9.10. The Kier molecular flexibility index (Phi) is 4.14. The van der Waals surface area contributed by atoms with E-state index in [0.717, 1.165) is 36.2 Å². The first kappa shape index (κ1) is 12.5. The largest absolute Gasteiger partial charge is 0.381 e. The number of hydrogen-bond acceptors (Lipinski definition) is 6. The fourth-order valence-electron chi connectivity index (χ4n) is 1.95. The van der Waals surface area contributed by atoms with Gasteiger partial charge < -0.3 is 9.64 Å². The first-order valence-electron chi connectivity index (χ1n) is 5.51. The highest BCUT2D eigenvalue weighted by Gasteiger charge is 2.21. The van der Waals surface area contributed by atoms with Crippen molar-refractivity contribution in [2.75, 3.05) is 30.5 Å². The Balaban J connectivity index is 2.12. The van der Waals surface area contributed by atoms with E-state index in [2.05, 4.69) is 36.2 Å². The molecule has 94 valence electrons. The summed E-state index contributed by atoms with van der Waals surface area (Å²) >= 11 is 3.46. The molecule has 0 saturated carbocycles. The first-order chi connectivity index (χ1) is 8.24. The number of aromatic nitrogens is 2. The van der Waals surface area contributed by atoms with Gasteiger partial charge in [-0.15, -0.1) is 0 Å². The Morgan fingerprint density at radius 2 is 2.24 bits per heavy atom. The Hall–Kier alpha value is -0.920. The molecule has 1 saturated heterocycles. The molecule has 3 N–H and O–H groups in total. The lowest BCUT2D eigenvalue weighted by atomic mass is 10.1. The number of nitrogens with zero attached hydrogens (tertiary/aromatic N) is 3. The van der Waals surface area contributed by atoms with Crippen LogP contribution in [0.25, 0.3) is 0 Å². The standard InChI is InChI=1S/C10H16BrN5O/c1-17-7-2-4-16(5-3-7)9-8(11)6-13-10(14-9)15-12/h6-7H,2-5,12H2,1H3,(H,13,14,15). The number of rotatable bonds is 3. The maximum Gasteiger partial charge on any atom is 0.239 e. The van der Waals surface area contributed by atoms with Crippen molar-refractivity contribution in [1.29, 1.82) is 0 Å². The van der Waals surface area contributed by atoms with Crippen LogP contribution in [0.4, 0.5) is 11.8 Å². The number of hydrogen-bond donors (Lipinski definition) is 2. The number of nitrogens with two attached hydrogens (primary N) is 1. The second-order valence-electron chi connectivity index (χ2n) is 3.93. The molecule has 2 rings (SSSR count). The van der Waals surface area contributed by atoms with Crippen molar-refractivity contribution in [1.82, 2.24) is 9.97 Å². The normalized spacial score (nSPS) is 17.2. The van der Waals surface area contributed by atoms with Crippen LogP contribution in [0.5, 0.6) is 0 Å². The zero-order valence-electron chi connectivity index (χ0n) is 9.69. The minimum atomic E-state index is 0.360. The SMILES string of the molecule is COC1CCN(c2nc(NN)ncc2Br)CC1. The molecule has 0 spiro atoms. The maximum atomic E-state index is 5.35. The second kappa shape index (κ2) is 5.61. The molecule has 0 bridgehead atoms. The summed E-state index contributed by atoms with van der Waals surface area (Å²) in [5.41, 5.74) is 2.46. The van der Waals surface area contributed by atoms with Gasteiger partial charge in [-0.2, -0.15) is 4.98 Å². The molecule has 0 atom stereocenters. The molecule has 1 aliphatic rings. The molecule has 2 heterocycles. The van der Waals surface area contributed by atoms with Gasteiger partial charge >= 0.3 is 0 Å². The minimum Gasteiger partial charge on any atom is -0.381 e. The first-order valence-corrected chi connectivity index (χ1v) is 6.30. The third kappa shape index (κ3) is 2.85. The van der Waals surface area contributed by atoms with E-state index in [1.165, 1.54) is 0 Å². The van der Waals surface area contributed by atoms with Gasteiger partial charge in [0, 0.05) is 26.4 Å². The van der Waals surface area contributed by atoms with E-state index in [1.54, 1.807) is 13.3 Å². The Morgan fingerprint density at radius 1 is 1.53 bits per heavy atom. The van der Waals surface area contributed by atoms with Crippen molar-refractivity contribution in [3.8, 4) is 0 Å². The molecule has 0 radical (unpaired) electrons. The van der Waals surface area contributed by atoms with Crippen LogP contribution in [-0.4, -0.2) is 36.3 Å². The van der Waals surface area contributed by atoms with Crippen molar-refractivity contribution >= 4 is 27.7 Å². The van der Waals surface area contributed by atoms with Gasteiger partial charge in [0.2, 0.25) is 5.95 Å². The fourth-order valence-corrected chi connectivity index (χ4v) is 2.39. The molecular formula is C10H16BrN5O. The van der Waals surface area contributed by atoms with Crippen LogP contribution in [-0.2, 0) is 4.74 Å². The van der Waals surface area contributed by atoms with Crippen LogP contribution < -0.4 is 16.2 Å². The summed E-state index contributed by atoms with van der Waals surface area (Å²) in [6.45, 7) is 1.86. The summed E-state index contributed by atoms with van der Waals surface area (Å²) < 4.78 is 6.23. The number of nitrogens with one attached hydrogen (secondary N) is 1.